The molecule has 14 heteroatoms. The number of nitro groups is 1. The third kappa shape index (κ3) is 5.91. The van der Waals surface area contributed by atoms with Crippen molar-refractivity contribution in [2.45, 2.75) is 13.1 Å². The first kappa shape index (κ1) is 25.6. The lowest BCUT2D eigenvalue weighted by molar-refractivity contribution is -0.385. The van der Waals surface area contributed by atoms with Gasteiger partial charge in [-0.2, -0.15) is 18.3 Å². The van der Waals surface area contributed by atoms with Crippen LogP contribution in [0.1, 0.15) is 28.4 Å². The summed E-state index contributed by atoms with van der Waals surface area (Å²) in [7, 11) is 0. The van der Waals surface area contributed by atoms with Gasteiger partial charge in [0.15, 0.2) is 5.11 Å². The van der Waals surface area contributed by atoms with Gasteiger partial charge in [0.25, 0.3) is 5.69 Å². The maximum Gasteiger partial charge on any atom is 0.416 e. The Kier molecular flexibility index (Phi) is 7.36. The Labute approximate surface area is 204 Å². The lowest BCUT2D eigenvalue weighted by Crippen LogP contribution is -2.25. The summed E-state index contributed by atoms with van der Waals surface area (Å²) in [6, 6.07) is 7.74. The summed E-state index contributed by atoms with van der Waals surface area (Å²) in [5.41, 5.74) is 1.77. The molecule has 3 rings (SSSR count). The van der Waals surface area contributed by atoms with Gasteiger partial charge in [-0.1, -0.05) is 12.1 Å². The molecular weight excluding hydrogens is 509 g/mol. The van der Waals surface area contributed by atoms with E-state index in [1.807, 2.05) is 0 Å². The molecule has 182 valence electrons. The van der Waals surface area contributed by atoms with Crippen LogP contribution in [0.2, 0.25) is 0 Å². The number of aromatic hydroxyl groups is 1. The molecule has 0 fully saturated rings. The van der Waals surface area contributed by atoms with Gasteiger partial charge < -0.3 is 15.5 Å². The molecule has 0 atom stereocenters. The zero-order valence-corrected chi connectivity index (χ0v) is 19.2. The van der Waals surface area contributed by atoms with Gasteiger partial charge in [-0.25, -0.2) is 4.79 Å². The first-order valence-corrected chi connectivity index (χ1v) is 10.8. The molecule has 0 bridgehead atoms. The number of carboxylic acid groups (broad SMARTS) is 1. The number of alkyl halides is 3. The number of anilines is 1. The molecule has 0 amide bonds. The topological polar surface area (TPSA) is 137 Å². The summed E-state index contributed by atoms with van der Waals surface area (Å²) in [6.07, 6.45) is -4.47. The van der Waals surface area contributed by atoms with Crippen LogP contribution >= 0.6 is 23.6 Å². The number of thiophene rings is 1. The molecule has 0 spiro atoms. The van der Waals surface area contributed by atoms with Crippen molar-refractivity contribution in [3.63, 3.8) is 0 Å². The number of aromatic carboxylic acids is 1. The number of carboxylic acids is 1. The molecule has 0 saturated heterocycles. The van der Waals surface area contributed by atoms with E-state index in [1.165, 1.54) is 18.2 Å². The predicted octanol–water partition coefficient (Wildman–Crippen LogP) is 5.46. The molecule has 2 aromatic carbocycles. The second-order valence-corrected chi connectivity index (χ2v) is 8.25. The van der Waals surface area contributed by atoms with Gasteiger partial charge in [-0.3, -0.25) is 15.5 Å². The van der Waals surface area contributed by atoms with Gasteiger partial charge >= 0.3 is 12.1 Å². The van der Waals surface area contributed by atoms with Crippen LogP contribution < -0.4 is 10.7 Å². The van der Waals surface area contributed by atoms with Crippen molar-refractivity contribution < 1.29 is 33.1 Å². The first-order valence-electron chi connectivity index (χ1n) is 9.50. The van der Waals surface area contributed by atoms with E-state index in [9.17, 15) is 33.2 Å². The molecular formula is C21H15F3N4O5S2. The maximum atomic E-state index is 12.8. The zero-order chi connectivity index (χ0) is 25.9. The predicted molar refractivity (Wildman–Crippen MR) is 128 cm³/mol. The van der Waals surface area contributed by atoms with E-state index in [1.54, 1.807) is 12.3 Å². The summed E-state index contributed by atoms with van der Waals surface area (Å²) in [5.74, 6) is -1.62. The highest BCUT2D eigenvalue weighted by atomic mass is 32.1. The smallest absolute Gasteiger partial charge is 0.416 e. The van der Waals surface area contributed by atoms with Crippen LogP contribution in [-0.4, -0.2) is 31.9 Å². The maximum absolute atomic E-state index is 12.8. The van der Waals surface area contributed by atoms with Crippen LogP contribution in [0.4, 0.5) is 24.5 Å². The molecule has 0 aliphatic heterocycles. The molecule has 9 nitrogen and oxygen atoms in total. The minimum atomic E-state index is -4.47. The minimum Gasteiger partial charge on any atom is -0.506 e. The van der Waals surface area contributed by atoms with Crippen molar-refractivity contribution >= 4 is 51.7 Å². The molecule has 0 unspecified atom stereocenters. The van der Waals surface area contributed by atoms with E-state index in [4.69, 9.17) is 17.3 Å². The number of hydrogen-bond donors (Lipinski definition) is 4. The number of rotatable bonds is 6. The van der Waals surface area contributed by atoms with Gasteiger partial charge in [-0.15, -0.1) is 11.3 Å². The fourth-order valence-corrected chi connectivity index (χ4v) is 4.09. The number of nitrogens with one attached hydrogen (secondary N) is 2. The molecule has 0 aliphatic carbocycles. The van der Waals surface area contributed by atoms with Crippen LogP contribution in [0.3, 0.4) is 0 Å². The van der Waals surface area contributed by atoms with Crippen LogP contribution in [0.25, 0.3) is 10.4 Å². The minimum absolute atomic E-state index is 0.0700. The molecule has 4 N–H and O–H groups in total. The quantitative estimate of drug-likeness (QED) is 0.144. The monoisotopic (exact) mass is 524 g/mol. The number of carbonyl (C=O) groups is 1. The molecule has 0 aliphatic rings. The third-order valence-electron chi connectivity index (χ3n) is 4.64. The summed E-state index contributed by atoms with van der Waals surface area (Å²) in [4.78, 5) is 21.7. The van der Waals surface area contributed by atoms with Crippen molar-refractivity contribution in [3.05, 3.63) is 74.6 Å². The fraction of sp³-hybridized carbons (Fsp3) is 0.0952. The van der Waals surface area contributed by atoms with Crippen molar-refractivity contribution in [2.75, 3.05) is 5.32 Å². The molecule has 1 aromatic heterocycles. The fourth-order valence-electron chi connectivity index (χ4n) is 2.92. The highest BCUT2D eigenvalue weighted by molar-refractivity contribution is 7.80. The highest BCUT2D eigenvalue weighted by Crippen LogP contribution is 2.40. The molecule has 0 saturated carbocycles. The first-order chi connectivity index (χ1) is 16.4. The van der Waals surface area contributed by atoms with E-state index < -0.39 is 33.9 Å². The summed E-state index contributed by atoms with van der Waals surface area (Å²) in [5, 5.41) is 38.9. The number of nitrogens with zero attached hydrogens (tertiary/aromatic N) is 2. The van der Waals surface area contributed by atoms with E-state index in [-0.39, 0.29) is 16.5 Å². The average molecular weight is 525 g/mol. The number of thiocarbonyl (C=S) groups is 1. The van der Waals surface area contributed by atoms with Gasteiger partial charge in [0.05, 0.1) is 26.6 Å². The number of halogens is 3. The third-order valence-corrected chi connectivity index (χ3v) is 5.85. The van der Waals surface area contributed by atoms with Crippen LogP contribution in [-0.2, 0) is 6.18 Å². The highest BCUT2D eigenvalue weighted by Gasteiger charge is 2.30. The van der Waals surface area contributed by atoms with E-state index in [0.717, 1.165) is 35.6 Å². The number of hydrazone groups is 1. The standard InChI is InChI=1S/C21H15F3N4O5S2/c1-10(15-9-35-18(17(15)29)11-2-4-12(5-3-11)21(22,23)24)26-27-20(34)25-13-6-7-14(19(30)31)16(8-13)28(32)33/h2-9,29H,1H3,(H,30,31)(H2,25,27,34)/b26-10+. The lowest BCUT2D eigenvalue weighted by Gasteiger charge is -2.09. The summed E-state index contributed by atoms with van der Waals surface area (Å²) >= 11 is 6.20. The van der Waals surface area contributed by atoms with Gasteiger partial charge in [0.2, 0.25) is 0 Å². The van der Waals surface area contributed by atoms with E-state index >= 15 is 0 Å². The van der Waals surface area contributed by atoms with Crippen molar-refractivity contribution in [3.8, 4) is 16.2 Å². The van der Waals surface area contributed by atoms with Crippen LogP contribution in [0, 0.1) is 10.1 Å². The van der Waals surface area contributed by atoms with Crippen LogP contribution in [0.5, 0.6) is 5.75 Å². The molecule has 3 aromatic rings. The lowest BCUT2D eigenvalue weighted by atomic mass is 10.1. The number of benzene rings is 2. The van der Waals surface area contributed by atoms with Crippen molar-refractivity contribution in [2.24, 2.45) is 5.10 Å². The summed E-state index contributed by atoms with van der Waals surface area (Å²) in [6.45, 7) is 1.56. The Bertz CT molecular complexity index is 1340. The Morgan fingerprint density at radius 3 is 2.40 bits per heavy atom. The van der Waals surface area contributed by atoms with Crippen molar-refractivity contribution in [1.82, 2.24) is 5.43 Å². The van der Waals surface area contributed by atoms with Crippen molar-refractivity contribution in [1.29, 1.82) is 0 Å². The zero-order valence-electron chi connectivity index (χ0n) is 17.6. The summed E-state index contributed by atoms with van der Waals surface area (Å²) < 4.78 is 38.3. The number of hydrogen-bond acceptors (Lipinski definition) is 7. The normalized spacial score (nSPS) is 11.7. The Morgan fingerprint density at radius 2 is 1.83 bits per heavy atom. The Hall–Kier alpha value is -4.04. The molecule has 0 radical (unpaired) electrons. The largest absolute Gasteiger partial charge is 0.506 e. The van der Waals surface area contributed by atoms with Gasteiger partial charge in [0.1, 0.15) is 11.3 Å². The number of nitro benzene ring substituents is 1. The second-order valence-electron chi connectivity index (χ2n) is 6.96. The SMILES string of the molecule is C/C(=N\NC(=S)Nc1ccc(C(=O)O)c([N+](=O)[O-])c1)c1csc(-c2ccc(C(F)(F)F)cc2)c1O. The molecule has 1 heterocycles. The average Bonchev–Trinajstić information content (AvgIpc) is 3.18. The van der Waals surface area contributed by atoms with E-state index in [0.29, 0.717) is 21.7 Å². The molecule has 35 heavy (non-hydrogen) atoms. The van der Waals surface area contributed by atoms with Gasteiger partial charge in [0, 0.05) is 17.1 Å². The van der Waals surface area contributed by atoms with Crippen LogP contribution in [0.15, 0.2) is 52.9 Å². The van der Waals surface area contributed by atoms with Gasteiger partial charge in [-0.05, 0) is 49.0 Å². The Morgan fingerprint density at radius 1 is 1.17 bits per heavy atom. The second kappa shape index (κ2) is 10.1. The Balaban J connectivity index is 1.72. The van der Waals surface area contributed by atoms with E-state index in [2.05, 4.69) is 15.8 Å².